The fraction of sp³-hybridized carbons (Fsp3) is 0.353. The van der Waals surface area contributed by atoms with Crippen LogP contribution in [0.4, 0.5) is 0 Å². The number of halogens is 1. The molecule has 0 aliphatic heterocycles. The average molecular weight is 305 g/mol. The van der Waals surface area contributed by atoms with Crippen LogP contribution in [0, 0.1) is 0 Å². The summed E-state index contributed by atoms with van der Waals surface area (Å²) in [6.45, 7) is 5.86. The third-order valence-corrected chi connectivity index (χ3v) is 3.51. The first kappa shape index (κ1) is 15.8. The van der Waals surface area contributed by atoms with E-state index in [2.05, 4.69) is 36.3 Å². The lowest BCUT2D eigenvalue weighted by molar-refractivity contribution is 0.459. The lowest BCUT2D eigenvalue weighted by atomic mass is 10.2. The first-order chi connectivity index (χ1) is 10.2. The van der Waals surface area contributed by atoms with Gasteiger partial charge in [-0.15, -0.1) is 0 Å². The van der Waals surface area contributed by atoms with Gasteiger partial charge in [-0.25, -0.2) is 4.98 Å². The number of nitrogens with zero attached hydrogens (tertiary/aromatic N) is 1. The zero-order chi connectivity index (χ0) is 15.1. The maximum atomic E-state index is 6.16. The monoisotopic (exact) mass is 304 g/mol. The zero-order valence-electron chi connectivity index (χ0n) is 12.5. The van der Waals surface area contributed by atoms with Crippen molar-refractivity contribution in [2.24, 2.45) is 0 Å². The summed E-state index contributed by atoms with van der Waals surface area (Å²) in [4.78, 5) is 4.47. The van der Waals surface area contributed by atoms with Crippen LogP contribution in [-0.4, -0.2) is 11.5 Å². The average Bonchev–Trinajstić information content (AvgIpc) is 2.51. The Labute approximate surface area is 131 Å². The molecule has 0 atom stereocenters. The molecule has 0 unspecified atom stereocenters. The van der Waals surface area contributed by atoms with Gasteiger partial charge in [0.1, 0.15) is 5.75 Å². The summed E-state index contributed by atoms with van der Waals surface area (Å²) >= 11 is 6.16. The van der Waals surface area contributed by atoms with E-state index in [1.807, 2.05) is 18.2 Å². The van der Waals surface area contributed by atoms with Crippen molar-refractivity contribution in [1.29, 1.82) is 0 Å². The molecule has 1 aromatic carbocycles. The molecular formula is C17H21ClN2O. The molecule has 4 heteroatoms. The SMILES string of the molecule is CCCNCc1nc(Oc2ccc(CC)cc2)ccc1Cl. The molecule has 1 aromatic heterocycles. The van der Waals surface area contributed by atoms with Gasteiger partial charge >= 0.3 is 0 Å². The van der Waals surface area contributed by atoms with Crippen molar-refractivity contribution in [3.8, 4) is 11.6 Å². The van der Waals surface area contributed by atoms with Crippen LogP contribution >= 0.6 is 11.6 Å². The van der Waals surface area contributed by atoms with Gasteiger partial charge in [0.2, 0.25) is 5.88 Å². The Bertz CT molecular complexity index is 570. The smallest absolute Gasteiger partial charge is 0.219 e. The molecule has 0 aliphatic carbocycles. The second-order valence-corrected chi connectivity index (χ2v) is 5.26. The summed E-state index contributed by atoms with van der Waals surface area (Å²) in [6.07, 6.45) is 2.10. The van der Waals surface area contributed by atoms with Crippen LogP contribution < -0.4 is 10.1 Å². The third-order valence-electron chi connectivity index (χ3n) is 3.17. The number of aromatic nitrogens is 1. The van der Waals surface area contributed by atoms with Crippen LogP contribution in [0.5, 0.6) is 11.6 Å². The molecule has 0 saturated carbocycles. The minimum Gasteiger partial charge on any atom is -0.439 e. The summed E-state index contributed by atoms with van der Waals surface area (Å²) in [7, 11) is 0. The van der Waals surface area contributed by atoms with E-state index >= 15 is 0 Å². The fourth-order valence-electron chi connectivity index (χ4n) is 1.94. The number of ether oxygens (including phenoxy) is 1. The summed E-state index contributed by atoms with van der Waals surface area (Å²) in [5.41, 5.74) is 2.10. The van der Waals surface area contributed by atoms with Crippen LogP contribution in [-0.2, 0) is 13.0 Å². The Morgan fingerprint density at radius 1 is 1.10 bits per heavy atom. The molecule has 0 fully saturated rings. The van der Waals surface area contributed by atoms with Crippen LogP contribution in [0.1, 0.15) is 31.5 Å². The zero-order valence-corrected chi connectivity index (χ0v) is 13.3. The molecule has 112 valence electrons. The van der Waals surface area contributed by atoms with E-state index in [1.165, 1.54) is 5.56 Å². The second kappa shape index (κ2) is 8.01. The van der Waals surface area contributed by atoms with Crippen LogP contribution in [0.2, 0.25) is 5.02 Å². The molecule has 0 radical (unpaired) electrons. The Hall–Kier alpha value is -1.58. The van der Waals surface area contributed by atoms with Crippen molar-refractivity contribution < 1.29 is 4.74 Å². The first-order valence-electron chi connectivity index (χ1n) is 7.35. The van der Waals surface area contributed by atoms with Crippen LogP contribution in [0.3, 0.4) is 0 Å². The minimum atomic E-state index is 0.567. The van der Waals surface area contributed by atoms with E-state index in [0.717, 1.165) is 30.8 Å². The molecule has 0 saturated heterocycles. The van der Waals surface area contributed by atoms with E-state index in [9.17, 15) is 0 Å². The normalized spacial score (nSPS) is 10.6. The molecule has 0 aliphatic rings. The highest BCUT2D eigenvalue weighted by Gasteiger charge is 2.05. The Morgan fingerprint density at radius 3 is 2.52 bits per heavy atom. The number of benzene rings is 1. The predicted octanol–water partition coefficient (Wildman–Crippen LogP) is 4.59. The van der Waals surface area contributed by atoms with Crippen LogP contribution in [0.15, 0.2) is 36.4 Å². The number of aryl methyl sites for hydroxylation is 1. The summed E-state index contributed by atoms with van der Waals surface area (Å²) < 4.78 is 5.78. The van der Waals surface area contributed by atoms with Gasteiger partial charge in [0.15, 0.2) is 0 Å². The highest BCUT2D eigenvalue weighted by atomic mass is 35.5. The van der Waals surface area contributed by atoms with E-state index in [-0.39, 0.29) is 0 Å². The largest absolute Gasteiger partial charge is 0.439 e. The molecule has 0 amide bonds. The number of pyridine rings is 1. The Kier molecular flexibility index (Phi) is 6.03. The Morgan fingerprint density at radius 2 is 1.86 bits per heavy atom. The summed E-state index contributed by atoms with van der Waals surface area (Å²) in [6, 6.07) is 11.7. The van der Waals surface area contributed by atoms with Gasteiger partial charge in [-0.3, -0.25) is 0 Å². The van der Waals surface area contributed by atoms with Crippen molar-refractivity contribution >= 4 is 11.6 Å². The number of nitrogens with one attached hydrogen (secondary N) is 1. The van der Waals surface area contributed by atoms with Gasteiger partial charge in [-0.2, -0.15) is 0 Å². The van der Waals surface area contributed by atoms with Gasteiger partial charge in [0.05, 0.1) is 10.7 Å². The van der Waals surface area contributed by atoms with Gasteiger partial charge in [-0.05, 0) is 43.1 Å². The molecule has 3 nitrogen and oxygen atoms in total. The third kappa shape index (κ3) is 4.73. The minimum absolute atomic E-state index is 0.567. The maximum Gasteiger partial charge on any atom is 0.219 e. The number of rotatable bonds is 7. The van der Waals surface area contributed by atoms with E-state index < -0.39 is 0 Å². The summed E-state index contributed by atoms with van der Waals surface area (Å²) in [5, 5.41) is 3.96. The van der Waals surface area contributed by atoms with E-state index in [1.54, 1.807) is 6.07 Å². The predicted molar refractivity (Wildman–Crippen MR) is 87.1 cm³/mol. The van der Waals surface area contributed by atoms with Gasteiger partial charge in [0, 0.05) is 12.6 Å². The quantitative estimate of drug-likeness (QED) is 0.760. The molecule has 0 bridgehead atoms. The standard InChI is InChI=1S/C17H21ClN2O/c1-3-11-19-12-16-15(18)9-10-17(20-16)21-14-7-5-13(4-2)6-8-14/h5-10,19H,3-4,11-12H2,1-2H3. The lowest BCUT2D eigenvalue weighted by Crippen LogP contribution is -2.15. The van der Waals surface area contributed by atoms with Crippen molar-refractivity contribution in [2.75, 3.05) is 6.54 Å². The van der Waals surface area contributed by atoms with E-state index in [4.69, 9.17) is 16.3 Å². The molecule has 2 aromatic rings. The van der Waals surface area contributed by atoms with E-state index in [0.29, 0.717) is 17.4 Å². The molecule has 0 spiro atoms. The van der Waals surface area contributed by atoms with Crippen molar-refractivity contribution in [3.05, 3.63) is 52.7 Å². The molecule has 2 rings (SSSR count). The molecule has 1 heterocycles. The first-order valence-corrected chi connectivity index (χ1v) is 7.73. The molecular weight excluding hydrogens is 284 g/mol. The maximum absolute atomic E-state index is 6.16. The van der Waals surface area contributed by atoms with Crippen LogP contribution in [0.25, 0.3) is 0 Å². The van der Waals surface area contributed by atoms with Crippen molar-refractivity contribution in [2.45, 2.75) is 33.2 Å². The highest BCUT2D eigenvalue weighted by Crippen LogP contribution is 2.23. The fourth-order valence-corrected chi connectivity index (χ4v) is 2.11. The Balaban J connectivity index is 2.06. The highest BCUT2D eigenvalue weighted by molar-refractivity contribution is 6.31. The topological polar surface area (TPSA) is 34.2 Å². The number of hydrogen-bond donors (Lipinski definition) is 1. The molecule has 1 N–H and O–H groups in total. The van der Waals surface area contributed by atoms with Gasteiger partial charge in [-0.1, -0.05) is 37.6 Å². The summed E-state index contributed by atoms with van der Waals surface area (Å²) in [5.74, 6) is 1.35. The number of hydrogen-bond acceptors (Lipinski definition) is 3. The van der Waals surface area contributed by atoms with Gasteiger partial charge < -0.3 is 10.1 Å². The lowest BCUT2D eigenvalue weighted by Gasteiger charge is -2.09. The van der Waals surface area contributed by atoms with Gasteiger partial charge in [0.25, 0.3) is 0 Å². The van der Waals surface area contributed by atoms with Crippen molar-refractivity contribution in [3.63, 3.8) is 0 Å². The second-order valence-electron chi connectivity index (χ2n) is 4.85. The molecule has 21 heavy (non-hydrogen) atoms. The van der Waals surface area contributed by atoms with Crippen molar-refractivity contribution in [1.82, 2.24) is 10.3 Å².